The molecule has 0 radical (unpaired) electrons. The van der Waals surface area contributed by atoms with Gasteiger partial charge in [-0.1, -0.05) is 29.4 Å². The first-order chi connectivity index (χ1) is 9.13. The molecule has 0 unspecified atom stereocenters. The maximum atomic E-state index is 5.27. The molecule has 2 nitrogen and oxygen atoms in total. The molecule has 0 saturated carbocycles. The second-order valence-corrected chi connectivity index (χ2v) is 6.02. The number of hydrogen-bond donors (Lipinski definition) is 0. The zero-order valence-electron chi connectivity index (χ0n) is 11.2. The van der Waals surface area contributed by atoms with Crippen LogP contribution in [0.15, 0.2) is 40.9 Å². The van der Waals surface area contributed by atoms with Crippen LogP contribution in [0.25, 0.3) is 21.8 Å². The van der Waals surface area contributed by atoms with Crippen LogP contribution in [-0.4, -0.2) is 5.16 Å². The molecule has 0 spiro atoms. The first-order valence-electron chi connectivity index (χ1n) is 6.24. The van der Waals surface area contributed by atoms with Gasteiger partial charge in [-0.25, -0.2) is 0 Å². The monoisotopic (exact) mass is 269 g/mol. The average molecular weight is 269 g/mol. The normalized spacial score (nSPS) is 10.9. The van der Waals surface area contributed by atoms with Crippen LogP contribution in [0.3, 0.4) is 0 Å². The van der Waals surface area contributed by atoms with Gasteiger partial charge in [-0.05, 0) is 38.0 Å². The van der Waals surface area contributed by atoms with Crippen LogP contribution >= 0.6 is 11.3 Å². The predicted molar refractivity (Wildman–Crippen MR) is 79.5 cm³/mol. The smallest absolute Gasteiger partial charge is 0.167 e. The quantitative estimate of drug-likeness (QED) is 0.654. The third kappa shape index (κ3) is 2.34. The zero-order valence-corrected chi connectivity index (χ0v) is 12.0. The summed E-state index contributed by atoms with van der Waals surface area (Å²) in [6, 6.07) is 12.6. The lowest BCUT2D eigenvalue weighted by molar-refractivity contribution is 0.427. The summed E-state index contributed by atoms with van der Waals surface area (Å²) in [6.07, 6.45) is 0. The van der Waals surface area contributed by atoms with Crippen molar-refractivity contribution in [2.24, 2.45) is 0 Å². The maximum absolute atomic E-state index is 5.27. The summed E-state index contributed by atoms with van der Waals surface area (Å²) in [6.45, 7) is 6.24. The van der Waals surface area contributed by atoms with Crippen LogP contribution in [0.2, 0.25) is 0 Å². The standard InChI is InChI=1S/C16H15NOS/c1-10-8-16(19-12(10)3)14-6-4-13(5-7-14)15-9-11(2)17-18-15/h4-9H,1-3H3. The Morgan fingerprint density at radius 2 is 1.63 bits per heavy atom. The second kappa shape index (κ2) is 4.67. The van der Waals surface area contributed by atoms with Crippen molar-refractivity contribution >= 4 is 11.3 Å². The van der Waals surface area contributed by atoms with Gasteiger partial charge >= 0.3 is 0 Å². The number of aromatic nitrogens is 1. The van der Waals surface area contributed by atoms with E-state index < -0.39 is 0 Å². The van der Waals surface area contributed by atoms with Crippen LogP contribution in [0, 0.1) is 20.8 Å². The number of thiophene rings is 1. The van der Waals surface area contributed by atoms with Crippen molar-refractivity contribution in [2.75, 3.05) is 0 Å². The fourth-order valence-electron chi connectivity index (χ4n) is 2.01. The number of rotatable bonds is 2. The molecule has 19 heavy (non-hydrogen) atoms. The van der Waals surface area contributed by atoms with E-state index in [1.54, 1.807) is 0 Å². The SMILES string of the molecule is Cc1cc(-c2ccc(-c3cc(C)c(C)s3)cc2)on1. The number of benzene rings is 1. The first kappa shape index (κ1) is 12.2. The predicted octanol–water partition coefficient (Wildman–Crippen LogP) is 5.00. The Hall–Kier alpha value is -1.87. The van der Waals surface area contributed by atoms with Crippen molar-refractivity contribution in [2.45, 2.75) is 20.8 Å². The first-order valence-corrected chi connectivity index (χ1v) is 7.06. The maximum Gasteiger partial charge on any atom is 0.167 e. The molecule has 0 atom stereocenters. The fourth-order valence-corrected chi connectivity index (χ4v) is 3.05. The van der Waals surface area contributed by atoms with Gasteiger partial charge < -0.3 is 4.52 Å². The van der Waals surface area contributed by atoms with E-state index in [4.69, 9.17) is 4.52 Å². The van der Waals surface area contributed by atoms with Crippen molar-refractivity contribution in [3.05, 3.63) is 52.5 Å². The summed E-state index contributed by atoms with van der Waals surface area (Å²) >= 11 is 1.84. The molecule has 0 N–H and O–H groups in total. The molecular formula is C16H15NOS. The van der Waals surface area contributed by atoms with Gasteiger partial charge in [0.25, 0.3) is 0 Å². The summed E-state index contributed by atoms with van der Waals surface area (Å²) in [7, 11) is 0. The van der Waals surface area contributed by atoms with E-state index in [1.807, 2.05) is 24.3 Å². The number of hydrogen-bond acceptors (Lipinski definition) is 3. The Labute approximate surface area is 116 Å². The molecule has 0 bridgehead atoms. The average Bonchev–Trinajstić information content (AvgIpc) is 2.97. The van der Waals surface area contributed by atoms with Crippen molar-refractivity contribution < 1.29 is 4.52 Å². The van der Waals surface area contributed by atoms with E-state index in [2.05, 4.69) is 49.3 Å². The van der Waals surface area contributed by atoms with Gasteiger partial charge in [0.15, 0.2) is 5.76 Å². The van der Waals surface area contributed by atoms with Crippen molar-refractivity contribution in [1.82, 2.24) is 5.16 Å². The third-order valence-electron chi connectivity index (χ3n) is 3.25. The minimum atomic E-state index is 0.822. The van der Waals surface area contributed by atoms with E-state index in [1.165, 1.54) is 20.9 Å². The minimum Gasteiger partial charge on any atom is -0.356 e. The van der Waals surface area contributed by atoms with E-state index in [9.17, 15) is 0 Å². The Balaban J connectivity index is 1.94. The highest BCUT2D eigenvalue weighted by atomic mass is 32.1. The lowest BCUT2D eigenvalue weighted by atomic mass is 10.1. The minimum absolute atomic E-state index is 0.822. The second-order valence-electron chi connectivity index (χ2n) is 4.76. The van der Waals surface area contributed by atoms with Crippen LogP contribution in [0.5, 0.6) is 0 Å². The zero-order chi connectivity index (χ0) is 13.4. The van der Waals surface area contributed by atoms with Crippen molar-refractivity contribution in [3.8, 4) is 21.8 Å². The van der Waals surface area contributed by atoms with E-state index >= 15 is 0 Å². The van der Waals surface area contributed by atoms with Gasteiger partial charge in [0.05, 0.1) is 5.69 Å². The van der Waals surface area contributed by atoms with Gasteiger partial charge in [-0.3, -0.25) is 0 Å². The Bertz CT molecular complexity index is 687. The Morgan fingerprint density at radius 1 is 0.947 bits per heavy atom. The Morgan fingerprint density at radius 3 is 2.16 bits per heavy atom. The molecule has 0 aliphatic carbocycles. The number of nitrogens with zero attached hydrogens (tertiary/aromatic N) is 1. The third-order valence-corrected chi connectivity index (χ3v) is 4.45. The molecule has 3 aromatic rings. The number of aryl methyl sites for hydroxylation is 3. The van der Waals surface area contributed by atoms with E-state index in [0.29, 0.717) is 0 Å². The summed E-state index contributed by atoms with van der Waals surface area (Å²) in [5.41, 5.74) is 4.58. The van der Waals surface area contributed by atoms with Crippen molar-refractivity contribution in [1.29, 1.82) is 0 Å². The Kier molecular flexibility index (Phi) is 2.99. The highest BCUT2D eigenvalue weighted by molar-refractivity contribution is 7.15. The van der Waals surface area contributed by atoms with Gasteiger partial charge in [0, 0.05) is 21.4 Å². The molecular weight excluding hydrogens is 254 g/mol. The van der Waals surface area contributed by atoms with Gasteiger partial charge in [0.2, 0.25) is 0 Å². The van der Waals surface area contributed by atoms with Gasteiger partial charge in [-0.15, -0.1) is 11.3 Å². The fraction of sp³-hybridized carbons (Fsp3) is 0.188. The molecule has 0 aliphatic heterocycles. The van der Waals surface area contributed by atoms with E-state index in [-0.39, 0.29) is 0 Å². The summed E-state index contributed by atoms with van der Waals surface area (Å²) < 4.78 is 5.27. The molecule has 96 valence electrons. The molecule has 1 aromatic carbocycles. The van der Waals surface area contributed by atoms with E-state index in [0.717, 1.165) is 17.0 Å². The topological polar surface area (TPSA) is 26.0 Å². The van der Waals surface area contributed by atoms with Crippen molar-refractivity contribution in [3.63, 3.8) is 0 Å². The highest BCUT2D eigenvalue weighted by Gasteiger charge is 2.07. The molecule has 0 saturated heterocycles. The van der Waals surface area contributed by atoms with Crippen LogP contribution in [0.4, 0.5) is 0 Å². The molecule has 0 aliphatic rings. The summed E-state index contributed by atoms with van der Waals surface area (Å²) in [5.74, 6) is 0.822. The highest BCUT2D eigenvalue weighted by Crippen LogP contribution is 2.32. The summed E-state index contributed by atoms with van der Waals surface area (Å²) in [4.78, 5) is 2.69. The molecule has 3 rings (SSSR count). The molecule has 2 aromatic heterocycles. The van der Waals surface area contributed by atoms with Crippen LogP contribution < -0.4 is 0 Å². The van der Waals surface area contributed by atoms with Crippen LogP contribution in [-0.2, 0) is 0 Å². The summed E-state index contributed by atoms with van der Waals surface area (Å²) in [5, 5.41) is 3.92. The molecule has 2 heterocycles. The molecule has 3 heteroatoms. The van der Waals surface area contributed by atoms with Gasteiger partial charge in [0.1, 0.15) is 0 Å². The van der Waals surface area contributed by atoms with Gasteiger partial charge in [-0.2, -0.15) is 0 Å². The van der Waals surface area contributed by atoms with Crippen LogP contribution in [0.1, 0.15) is 16.1 Å². The lowest BCUT2D eigenvalue weighted by Crippen LogP contribution is -1.75. The molecule has 0 amide bonds. The molecule has 0 fully saturated rings. The lowest BCUT2D eigenvalue weighted by Gasteiger charge is -1.99. The largest absolute Gasteiger partial charge is 0.356 e.